The van der Waals surface area contributed by atoms with Crippen molar-refractivity contribution in [2.24, 2.45) is 0 Å². The van der Waals surface area contributed by atoms with Crippen molar-refractivity contribution in [2.75, 3.05) is 45.1 Å². The van der Waals surface area contributed by atoms with Crippen molar-refractivity contribution in [1.82, 2.24) is 15.1 Å². The third-order valence-electron chi connectivity index (χ3n) is 5.75. The fourth-order valence-electron chi connectivity index (χ4n) is 3.78. The maximum Gasteiger partial charge on any atom is 0.313 e. The van der Waals surface area contributed by atoms with Gasteiger partial charge in [-0.25, -0.2) is 0 Å². The zero-order chi connectivity index (χ0) is 21.5. The van der Waals surface area contributed by atoms with E-state index in [4.69, 9.17) is 0 Å². The van der Waals surface area contributed by atoms with Gasteiger partial charge in [0.05, 0.1) is 6.04 Å². The molecule has 6 nitrogen and oxygen atoms in total. The second-order valence-electron chi connectivity index (χ2n) is 7.94. The molecule has 1 fully saturated rings. The largest absolute Gasteiger partial charge is 0.346 e. The van der Waals surface area contributed by atoms with Crippen molar-refractivity contribution in [1.29, 1.82) is 0 Å². The minimum absolute atomic E-state index is 0.0407. The third kappa shape index (κ3) is 5.68. The van der Waals surface area contributed by atoms with Crippen LogP contribution >= 0.6 is 0 Å². The number of anilines is 1. The van der Waals surface area contributed by atoms with E-state index >= 15 is 0 Å². The lowest BCUT2D eigenvalue weighted by Gasteiger charge is -2.38. The zero-order valence-corrected chi connectivity index (χ0v) is 18.1. The van der Waals surface area contributed by atoms with Crippen LogP contribution in [0.15, 0.2) is 48.5 Å². The molecule has 0 spiro atoms. The Morgan fingerprint density at radius 3 is 2.30 bits per heavy atom. The summed E-state index contributed by atoms with van der Waals surface area (Å²) in [6, 6.07) is 16.0. The molecule has 0 saturated carbocycles. The summed E-state index contributed by atoms with van der Waals surface area (Å²) in [5.74, 6) is -1.23. The summed E-state index contributed by atoms with van der Waals surface area (Å²) in [5.41, 5.74) is 4.05. The van der Waals surface area contributed by atoms with Gasteiger partial charge in [-0.3, -0.25) is 14.5 Å². The van der Waals surface area contributed by atoms with Crippen molar-refractivity contribution in [3.8, 4) is 0 Å². The number of nitrogens with zero attached hydrogens (tertiary/aromatic N) is 2. The molecule has 2 N–H and O–H groups in total. The lowest BCUT2D eigenvalue weighted by atomic mass is 10.0. The van der Waals surface area contributed by atoms with Gasteiger partial charge in [0, 0.05) is 38.4 Å². The average Bonchev–Trinajstić information content (AvgIpc) is 2.76. The fraction of sp³-hybridized carbons (Fsp3) is 0.417. The molecular weight excluding hydrogens is 376 g/mol. The molecule has 160 valence electrons. The molecule has 1 saturated heterocycles. The second-order valence-corrected chi connectivity index (χ2v) is 7.94. The highest BCUT2D eigenvalue weighted by molar-refractivity contribution is 6.39. The highest BCUT2D eigenvalue weighted by Crippen LogP contribution is 2.22. The van der Waals surface area contributed by atoms with Crippen molar-refractivity contribution >= 4 is 17.5 Å². The number of amides is 2. The Labute approximate surface area is 179 Å². The Hall–Kier alpha value is -2.70. The van der Waals surface area contributed by atoms with Crippen LogP contribution in [0, 0.1) is 6.92 Å². The van der Waals surface area contributed by atoms with Crippen molar-refractivity contribution in [3.05, 3.63) is 65.2 Å². The van der Waals surface area contributed by atoms with Gasteiger partial charge in [-0.1, -0.05) is 55.0 Å². The number of aryl methyl sites for hydroxylation is 2. The fourth-order valence-corrected chi connectivity index (χ4v) is 3.78. The first-order valence-corrected chi connectivity index (χ1v) is 10.6. The summed E-state index contributed by atoms with van der Waals surface area (Å²) in [4.78, 5) is 29.7. The van der Waals surface area contributed by atoms with Gasteiger partial charge in [0.1, 0.15) is 0 Å². The number of nitrogens with one attached hydrogen (secondary N) is 2. The van der Waals surface area contributed by atoms with Crippen LogP contribution in [0.25, 0.3) is 0 Å². The molecule has 0 unspecified atom stereocenters. The van der Waals surface area contributed by atoms with Crippen molar-refractivity contribution in [2.45, 2.75) is 26.3 Å². The standard InChI is InChI=1S/C24H32N4O2/c1-4-19-7-5-6-8-21(19)26-24(30)23(29)25-17-22(20-11-9-18(2)10-12-20)28-15-13-27(3)14-16-28/h5-12,22H,4,13-17H2,1-3H3,(H,25,29)(H,26,30)/t22-/m1/s1. The van der Waals surface area contributed by atoms with Gasteiger partial charge >= 0.3 is 11.8 Å². The Morgan fingerprint density at radius 1 is 0.967 bits per heavy atom. The van der Waals surface area contributed by atoms with E-state index in [1.165, 1.54) is 5.56 Å². The van der Waals surface area contributed by atoms with E-state index in [-0.39, 0.29) is 6.04 Å². The number of carbonyl (C=O) groups excluding carboxylic acids is 2. The molecule has 1 atom stereocenters. The second kappa shape index (κ2) is 10.4. The van der Waals surface area contributed by atoms with Crippen LogP contribution in [0.3, 0.4) is 0 Å². The summed E-state index contributed by atoms with van der Waals surface area (Å²) in [5, 5.41) is 5.60. The van der Waals surface area contributed by atoms with E-state index in [1.54, 1.807) is 0 Å². The maximum atomic E-state index is 12.5. The molecule has 1 heterocycles. The first-order valence-electron chi connectivity index (χ1n) is 10.6. The highest BCUT2D eigenvalue weighted by atomic mass is 16.2. The number of benzene rings is 2. The van der Waals surface area contributed by atoms with Crippen LogP contribution in [-0.2, 0) is 16.0 Å². The van der Waals surface area contributed by atoms with Gasteiger partial charge in [-0.2, -0.15) is 0 Å². The maximum absolute atomic E-state index is 12.5. The monoisotopic (exact) mass is 408 g/mol. The van der Waals surface area contributed by atoms with E-state index < -0.39 is 11.8 Å². The van der Waals surface area contributed by atoms with Crippen LogP contribution in [0.1, 0.15) is 29.7 Å². The van der Waals surface area contributed by atoms with Gasteiger partial charge in [0.2, 0.25) is 0 Å². The molecule has 1 aliphatic heterocycles. The van der Waals surface area contributed by atoms with E-state index in [9.17, 15) is 9.59 Å². The average molecular weight is 409 g/mol. The number of hydrogen-bond donors (Lipinski definition) is 2. The SMILES string of the molecule is CCc1ccccc1NC(=O)C(=O)NC[C@H](c1ccc(C)cc1)N1CCN(C)CC1. The highest BCUT2D eigenvalue weighted by Gasteiger charge is 2.25. The lowest BCUT2D eigenvalue weighted by Crippen LogP contribution is -2.49. The van der Waals surface area contributed by atoms with Crippen LogP contribution in [0.5, 0.6) is 0 Å². The predicted molar refractivity (Wildman–Crippen MR) is 120 cm³/mol. The molecule has 0 bridgehead atoms. The van der Waals surface area contributed by atoms with E-state index in [0.29, 0.717) is 12.2 Å². The molecule has 2 amide bonds. The molecule has 6 heteroatoms. The number of likely N-dealkylation sites (N-methyl/N-ethyl adjacent to an activating group) is 1. The van der Waals surface area contributed by atoms with Crippen molar-refractivity contribution < 1.29 is 9.59 Å². The number of carbonyl (C=O) groups is 2. The first-order chi connectivity index (χ1) is 14.5. The zero-order valence-electron chi connectivity index (χ0n) is 18.1. The van der Waals surface area contributed by atoms with Gasteiger partial charge < -0.3 is 15.5 Å². The van der Waals surface area contributed by atoms with Gasteiger partial charge in [0.15, 0.2) is 0 Å². The van der Waals surface area contributed by atoms with E-state index in [0.717, 1.165) is 43.7 Å². The van der Waals surface area contributed by atoms with Crippen LogP contribution < -0.4 is 10.6 Å². The third-order valence-corrected chi connectivity index (χ3v) is 5.75. The Kier molecular flexibility index (Phi) is 7.60. The molecule has 0 aromatic heterocycles. The molecule has 3 rings (SSSR count). The Bertz CT molecular complexity index is 858. The number of rotatable bonds is 6. The molecule has 0 radical (unpaired) electrons. The van der Waals surface area contributed by atoms with Crippen LogP contribution in [0.4, 0.5) is 5.69 Å². The summed E-state index contributed by atoms with van der Waals surface area (Å²) < 4.78 is 0. The molecule has 2 aromatic rings. The van der Waals surface area contributed by atoms with Gasteiger partial charge in [-0.15, -0.1) is 0 Å². The first kappa shape index (κ1) is 22.0. The van der Waals surface area contributed by atoms with E-state index in [2.05, 4.69) is 58.7 Å². The molecule has 30 heavy (non-hydrogen) atoms. The number of piperazine rings is 1. The molecule has 1 aliphatic rings. The normalized spacial score (nSPS) is 16.1. The van der Waals surface area contributed by atoms with E-state index in [1.807, 2.05) is 31.2 Å². The quantitative estimate of drug-likeness (QED) is 0.721. The summed E-state index contributed by atoms with van der Waals surface area (Å²) in [6.07, 6.45) is 0.789. The Morgan fingerprint density at radius 2 is 1.63 bits per heavy atom. The summed E-state index contributed by atoms with van der Waals surface area (Å²) in [6.45, 7) is 8.33. The molecular formula is C24H32N4O2. The number of para-hydroxylation sites is 1. The summed E-state index contributed by atoms with van der Waals surface area (Å²) in [7, 11) is 2.12. The topological polar surface area (TPSA) is 64.7 Å². The van der Waals surface area contributed by atoms with Gasteiger partial charge in [0.25, 0.3) is 0 Å². The predicted octanol–water partition coefficient (Wildman–Crippen LogP) is 2.60. The van der Waals surface area contributed by atoms with Gasteiger partial charge in [-0.05, 0) is 37.6 Å². The molecule has 0 aliphatic carbocycles. The van der Waals surface area contributed by atoms with Crippen LogP contribution in [0.2, 0.25) is 0 Å². The molecule has 2 aromatic carbocycles. The Balaban J connectivity index is 1.66. The van der Waals surface area contributed by atoms with Crippen molar-refractivity contribution in [3.63, 3.8) is 0 Å². The number of hydrogen-bond acceptors (Lipinski definition) is 4. The van der Waals surface area contributed by atoms with Crippen LogP contribution in [-0.4, -0.2) is 61.4 Å². The lowest BCUT2D eigenvalue weighted by molar-refractivity contribution is -0.136. The minimum Gasteiger partial charge on any atom is -0.346 e. The summed E-state index contributed by atoms with van der Waals surface area (Å²) >= 11 is 0. The smallest absolute Gasteiger partial charge is 0.313 e. The minimum atomic E-state index is -0.628.